The average molecular weight is 394 g/mol. The molecule has 0 radical (unpaired) electrons. The van der Waals surface area contributed by atoms with Crippen LogP contribution < -0.4 is 0 Å². The molecule has 0 aliphatic rings. The molecule has 1 aromatic heterocycles. The third kappa shape index (κ3) is 3.10. The fourth-order valence-electron chi connectivity index (χ4n) is 2.73. The van der Waals surface area contributed by atoms with Gasteiger partial charge in [0.2, 0.25) is 0 Å². The Bertz CT molecular complexity index is 965. The van der Waals surface area contributed by atoms with E-state index in [2.05, 4.69) is 26.1 Å². The van der Waals surface area contributed by atoms with Gasteiger partial charge >= 0.3 is 0 Å². The van der Waals surface area contributed by atoms with Crippen molar-refractivity contribution < 1.29 is 4.39 Å². The molecule has 0 saturated heterocycles. The van der Waals surface area contributed by atoms with E-state index >= 15 is 0 Å². The second-order valence-corrected chi connectivity index (χ2v) is 6.45. The number of benzene rings is 3. The van der Waals surface area contributed by atoms with Crippen molar-refractivity contribution in [1.29, 1.82) is 0 Å². The molecule has 4 aromatic rings. The molecule has 4 rings (SSSR count). The molecular formula is C20H13BrFN3. The Hall–Kier alpha value is -2.79. The standard InChI is InChI=1S/C20H13BrFN3/c21-16-8-4-6-14(12-16)19-23-24-20(15-7-5-9-17(22)13-15)25(19)18-10-2-1-3-11-18/h1-13H. The van der Waals surface area contributed by atoms with Gasteiger partial charge in [0.1, 0.15) is 5.82 Å². The molecule has 0 unspecified atom stereocenters. The monoisotopic (exact) mass is 393 g/mol. The highest BCUT2D eigenvalue weighted by molar-refractivity contribution is 9.10. The highest BCUT2D eigenvalue weighted by Crippen LogP contribution is 2.29. The second kappa shape index (κ2) is 6.61. The number of hydrogen-bond donors (Lipinski definition) is 0. The minimum Gasteiger partial charge on any atom is -0.275 e. The van der Waals surface area contributed by atoms with E-state index in [1.807, 2.05) is 65.2 Å². The second-order valence-electron chi connectivity index (χ2n) is 5.54. The molecule has 5 heteroatoms. The smallest absolute Gasteiger partial charge is 0.168 e. The molecule has 0 aliphatic carbocycles. The summed E-state index contributed by atoms with van der Waals surface area (Å²) in [7, 11) is 0. The lowest BCUT2D eigenvalue weighted by molar-refractivity contribution is 0.628. The van der Waals surface area contributed by atoms with Crippen LogP contribution in [0.1, 0.15) is 0 Å². The minimum atomic E-state index is -0.302. The number of halogens is 2. The highest BCUT2D eigenvalue weighted by Gasteiger charge is 2.17. The highest BCUT2D eigenvalue weighted by atomic mass is 79.9. The summed E-state index contributed by atoms with van der Waals surface area (Å²) in [5.41, 5.74) is 2.52. The van der Waals surface area contributed by atoms with Crippen LogP contribution in [0.15, 0.2) is 83.3 Å². The summed E-state index contributed by atoms with van der Waals surface area (Å²) >= 11 is 3.49. The Morgan fingerprint density at radius 1 is 0.720 bits per heavy atom. The van der Waals surface area contributed by atoms with E-state index in [1.165, 1.54) is 12.1 Å². The molecule has 3 nitrogen and oxygen atoms in total. The van der Waals surface area contributed by atoms with Crippen LogP contribution >= 0.6 is 15.9 Å². The molecule has 0 N–H and O–H groups in total. The largest absolute Gasteiger partial charge is 0.275 e. The van der Waals surface area contributed by atoms with Crippen molar-refractivity contribution in [2.45, 2.75) is 0 Å². The fraction of sp³-hybridized carbons (Fsp3) is 0. The predicted molar refractivity (Wildman–Crippen MR) is 99.9 cm³/mol. The molecule has 0 aliphatic heterocycles. The SMILES string of the molecule is Fc1cccc(-c2nnc(-c3cccc(Br)c3)n2-c2ccccc2)c1. The van der Waals surface area contributed by atoms with Crippen molar-refractivity contribution >= 4 is 15.9 Å². The number of rotatable bonds is 3. The molecular weight excluding hydrogens is 381 g/mol. The van der Waals surface area contributed by atoms with Crippen LogP contribution in [0.25, 0.3) is 28.5 Å². The molecule has 0 spiro atoms. The molecule has 0 fully saturated rings. The van der Waals surface area contributed by atoms with Gasteiger partial charge in [-0.25, -0.2) is 4.39 Å². The summed E-state index contributed by atoms with van der Waals surface area (Å²) in [6.45, 7) is 0. The first-order valence-corrected chi connectivity index (χ1v) is 8.54. The van der Waals surface area contributed by atoms with Crippen LogP contribution in [0.4, 0.5) is 4.39 Å². The molecule has 122 valence electrons. The number of hydrogen-bond acceptors (Lipinski definition) is 2. The van der Waals surface area contributed by atoms with Crippen molar-refractivity contribution in [3.63, 3.8) is 0 Å². The molecule has 0 saturated carbocycles. The number of aromatic nitrogens is 3. The average Bonchev–Trinajstić information content (AvgIpc) is 3.07. The summed E-state index contributed by atoms with van der Waals surface area (Å²) in [6, 6.07) is 24.1. The van der Waals surface area contributed by atoms with Crippen molar-refractivity contribution in [3.05, 3.63) is 89.2 Å². The first-order valence-electron chi connectivity index (χ1n) is 7.75. The molecule has 25 heavy (non-hydrogen) atoms. The molecule has 1 heterocycles. The maximum Gasteiger partial charge on any atom is 0.168 e. The first kappa shape index (κ1) is 15.7. The van der Waals surface area contributed by atoms with Gasteiger partial charge in [0.05, 0.1) is 0 Å². The lowest BCUT2D eigenvalue weighted by Crippen LogP contribution is -2.00. The summed E-state index contributed by atoms with van der Waals surface area (Å²) < 4.78 is 16.6. The Balaban J connectivity index is 1.97. The van der Waals surface area contributed by atoms with E-state index in [-0.39, 0.29) is 5.82 Å². The van der Waals surface area contributed by atoms with Gasteiger partial charge in [-0.3, -0.25) is 4.57 Å². The zero-order valence-corrected chi connectivity index (χ0v) is 14.7. The van der Waals surface area contributed by atoms with Crippen LogP contribution in [0.2, 0.25) is 0 Å². The van der Waals surface area contributed by atoms with E-state index in [9.17, 15) is 4.39 Å². The van der Waals surface area contributed by atoms with E-state index in [1.54, 1.807) is 6.07 Å². The van der Waals surface area contributed by atoms with Crippen molar-refractivity contribution in [3.8, 4) is 28.5 Å². The Kier molecular flexibility index (Phi) is 4.15. The number of nitrogens with zero attached hydrogens (tertiary/aromatic N) is 3. The zero-order valence-electron chi connectivity index (χ0n) is 13.1. The van der Waals surface area contributed by atoms with Crippen LogP contribution in [0.3, 0.4) is 0 Å². The van der Waals surface area contributed by atoms with Crippen molar-refractivity contribution in [2.24, 2.45) is 0 Å². The van der Waals surface area contributed by atoms with Gasteiger partial charge in [0.15, 0.2) is 11.6 Å². The lowest BCUT2D eigenvalue weighted by atomic mass is 10.1. The lowest BCUT2D eigenvalue weighted by Gasteiger charge is -2.11. The van der Waals surface area contributed by atoms with E-state index in [0.717, 1.165) is 15.7 Å². The van der Waals surface area contributed by atoms with Gasteiger partial charge in [0.25, 0.3) is 0 Å². The number of para-hydroxylation sites is 1. The summed E-state index contributed by atoms with van der Waals surface area (Å²) in [5.74, 6) is 0.997. The first-order chi connectivity index (χ1) is 12.2. The molecule has 0 bridgehead atoms. The van der Waals surface area contributed by atoms with Crippen LogP contribution in [-0.4, -0.2) is 14.8 Å². The third-order valence-electron chi connectivity index (χ3n) is 3.84. The van der Waals surface area contributed by atoms with Crippen molar-refractivity contribution in [2.75, 3.05) is 0 Å². The quantitative estimate of drug-likeness (QED) is 0.459. The van der Waals surface area contributed by atoms with Crippen LogP contribution in [0, 0.1) is 5.82 Å². The summed E-state index contributed by atoms with van der Waals surface area (Å²) in [5, 5.41) is 8.72. The van der Waals surface area contributed by atoms with Crippen molar-refractivity contribution in [1.82, 2.24) is 14.8 Å². The topological polar surface area (TPSA) is 30.7 Å². The Morgan fingerprint density at radius 2 is 1.36 bits per heavy atom. The Morgan fingerprint density at radius 3 is 2.00 bits per heavy atom. The molecule has 0 amide bonds. The maximum absolute atomic E-state index is 13.7. The third-order valence-corrected chi connectivity index (χ3v) is 4.34. The van der Waals surface area contributed by atoms with E-state index < -0.39 is 0 Å². The van der Waals surface area contributed by atoms with E-state index in [0.29, 0.717) is 17.2 Å². The zero-order chi connectivity index (χ0) is 17.2. The van der Waals surface area contributed by atoms with Gasteiger partial charge < -0.3 is 0 Å². The maximum atomic E-state index is 13.7. The normalized spacial score (nSPS) is 10.8. The fourth-order valence-corrected chi connectivity index (χ4v) is 3.13. The Labute approximate surface area is 152 Å². The van der Waals surface area contributed by atoms with Gasteiger partial charge in [-0.15, -0.1) is 10.2 Å². The summed E-state index contributed by atoms with van der Waals surface area (Å²) in [4.78, 5) is 0. The minimum absolute atomic E-state index is 0.302. The van der Waals surface area contributed by atoms with Gasteiger partial charge in [-0.05, 0) is 36.4 Å². The van der Waals surface area contributed by atoms with Gasteiger partial charge in [-0.1, -0.05) is 58.4 Å². The van der Waals surface area contributed by atoms with Gasteiger partial charge in [0, 0.05) is 21.3 Å². The van der Waals surface area contributed by atoms with Gasteiger partial charge in [-0.2, -0.15) is 0 Å². The summed E-state index contributed by atoms with van der Waals surface area (Å²) in [6.07, 6.45) is 0. The van der Waals surface area contributed by atoms with Crippen LogP contribution in [0.5, 0.6) is 0 Å². The molecule has 0 atom stereocenters. The van der Waals surface area contributed by atoms with Crippen LogP contribution in [-0.2, 0) is 0 Å². The predicted octanol–water partition coefficient (Wildman–Crippen LogP) is 5.50. The van der Waals surface area contributed by atoms with E-state index in [4.69, 9.17) is 0 Å². The molecule has 3 aromatic carbocycles.